The third kappa shape index (κ3) is 3.88. The number of nitrogens with zero attached hydrogens (tertiary/aromatic N) is 4. The molecule has 172 valence electrons. The molecule has 3 heterocycles. The fourth-order valence-corrected chi connectivity index (χ4v) is 6.54. The molecule has 2 aliphatic rings. The Bertz CT molecular complexity index is 1260. The Labute approximate surface area is 196 Å². The molecule has 1 aliphatic heterocycles. The van der Waals surface area contributed by atoms with Crippen molar-refractivity contribution in [2.75, 3.05) is 13.1 Å². The van der Waals surface area contributed by atoms with E-state index in [1.54, 1.807) is 10.5 Å². The van der Waals surface area contributed by atoms with Gasteiger partial charge in [0.15, 0.2) is 5.82 Å². The first-order valence-electron chi connectivity index (χ1n) is 11.4. The fraction of sp³-hybridized carbons (Fsp3) is 0.385. The van der Waals surface area contributed by atoms with Crippen LogP contribution in [0.25, 0.3) is 11.9 Å². The smallest absolute Gasteiger partial charge is 0.237 e. The van der Waals surface area contributed by atoms with Crippen LogP contribution in [0.15, 0.2) is 65.3 Å². The number of aromatic nitrogens is 3. The molecule has 1 aromatic carbocycles. The predicted molar refractivity (Wildman–Crippen MR) is 131 cm³/mol. The number of hydrogen-bond acceptors (Lipinski definition) is 3. The molecule has 0 spiro atoms. The van der Waals surface area contributed by atoms with Gasteiger partial charge in [0.05, 0.1) is 25.0 Å². The molecule has 0 amide bonds. The molecule has 2 aromatic heterocycles. The molecule has 0 saturated carbocycles. The molecule has 33 heavy (non-hydrogen) atoms. The lowest BCUT2D eigenvalue weighted by atomic mass is 9.70. The van der Waals surface area contributed by atoms with E-state index in [0.717, 1.165) is 35.5 Å². The number of hydrogen-bond donors (Lipinski definition) is 1. The lowest BCUT2D eigenvalue weighted by Gasteiger charge is -2.42. The predicted octanol–water partition coefficient (Wildman–Crippen LogP) is 5.16. The molecule has 2 atom stereocenters. The minimum Gasteiger partial charge on any atom is -0.237 e. The highest BCUT2D eigenvalue weighted by Gasteiger charge is 2.48. The Balaban J connectivity index is 1.42. The van der Waals surface area contributed by atoms with Crippen LogP contribution in [0.2, 0.25) is 0 Å². The van der Waals surface area contributed by atoms with Gasteiger partial charge in [0.1, 0.15) is 0 Å². The van der Waals surface area contributed by atoms with Crippen LogP contribution in [0.3, 0.4) is 0 Å². The zero-order valence-electron chi connectivity index (χ0n) is 19.7. The fourth-order valence-electron chi connectivity index (χ4n) is 4.95. The monoisotopic (exact) mass is 463 g/mol. The van der Waals surface area contributed by atoms with Crippen molar-refractivity contribution in [2.45, 2.75) is 50.8 Å². The molecule has 5 rings (SSSR count). The standard InChI is InChI=1S/C26H30N4O2S/c1-25(2,3)20-8-10-22(11-9-20)33(31,32)29-14-12-21-15-23-19(16-26(21,4)18-29)17-28-30(23)24-7-5-6-13-27-24/h5-11,13,15,17H,12,14,16,18H2,1-4H3/p+1/t26-/m1/s1. The van der Waals surface area contributed by atoms with Gasteiger partial charge in [0, 0.05) is 11.6 Å². The van der Waals surface area contributed by atoms with Gasteiger partial charge in [-0.1, -0.05) is 55.8 Å². The average molecular weight is 464 g/mol. The van der Waals surface area contributed by atoms with Gasteiger partial charge in [-0.3, -0.25) is 0 Å². The van der Waals surface area contributed by atoms with Crippen LogP contribution in [0, 0.1) is 5.41 Å². The van der Waals surface area contributed by atoms with Crippen LogP contribution in [-0.4, -0.2) is 36.7 Å². The van der Waals surface area contributed by atoms with Crippen molar-refractivity contribution in [2.24, 2.45) is 5.41 Å². The van der Waals surface area contributed by atoms with Crippen LogP contribution in [0.5, 0.6) is 0 Å². The first-order chi connectivity index (χ1) is 15.6. The van der Waals surface area contributed by atoms with Gasteiger partial charge >= 0.3 is 10.4 Å². The molecular weight excluding hydrogens is 432 g/mol. The van der Waals surface area contributed by atoms with Crippen molar-refractivity contribution in [1.29, 1.82) is 0 Å². The summed E-state index contributed by atoms with van der Waals surface area (Å²) in [5, 5.41) is 4.59. The van der Waals surface area contributed by atoms with E-state index < -0.39 is 10.4 Å². The topological polar surface area (TPSA) is 71.2 Å². The van der Waals surface area contributed by atoms with Crippen molar-refractivity contribution in [1.82, 2.24) is 19.1 Å². The van der Waals surface area contributed by atoms with Crippen molar-refractivity contribution in [3.05, 3.63) is 77.3 Å². The summed E-state index contributed by atoms with van der Waals surface area (Å²) in [4.78, 5) is 4.92. The van der Waals surface area contributed by atoms with Gasteiger partial charge in [-0.15, -0.1) is 0 Å². The van der Waals surface area contributed by atoms with Gasteiger partial charge in [0.25, 0.3) is 0 Å². The highest BCUT2D eigenvalue weighted by Crippen LogP contribution is 2.45. The summed E-state index contributed by atoms with van der Waals surface area (Å²) in [6, 6.07) is 13.4. The van der Waals surface area contributed by atoms with E-state index >= 15 is 0 Å². The van der Waals surface area contributed by atoms with E-state index in [-0.39, 0.29) is 10.8 Å². The van der Waals surface area contributed by atoms with Crippen LogP contribution >= 0.6 is 0 Å². The number of pyridine rings is 1. The largest absolute Gasteiger partial charge is 0.325 e. The summed E-state index contributed by atoms with van der Waals surface area (Å²) in [5.41, 5.74) is 4.47. The van der Waals surface area contributed by atoms with Gasteiger partial charge in [-0.25, -0.2) is 9.67 Å². The van der Waals surface area contributed by atoms with E-state index in [4.69, 9.17) is 0 Å². The SMILES string of the molecule is CC(C)(C)c1ccc([S+](=O)(O)N2CCC3=Cc4c(cnn4-c4ccccn4)C[C@]3(C)C2)cc1. The molecule has 0 radical (unpaired) electrons. The molecule has 0 bridgehead atoms. The molecule has 3 aromatic rings. The third-order valence-corrected chi connectivity index (χ3v) is 8.85. The van der Waals surface area contributed by atoms with E-state index in [2.05, 4.69) is 43.9 Å². The summed E-state index contributed by atoms with van der Waals surface area (Å²) in [7, 11) is -3.30. The van der Waals surface area contributed by atoms with Crippen molar-refractivity contribution < 1.29 is 8.76 Å². The quantitative estimate of drug-likeness (QED) is 0.545. The second-order valence-corrected chi connectivity index (χ2v) is 12.4. The maximum Gasteiger partial charge on any atom is 0.325 e. The van der Waals surface area contributed by atoms with Crippen LogP contribution in [0.4, 0.5) is 0 Å². The maximum absolute atomic E-state index is 13.6. The Morgan fingerprint density at radius 1 is 1.12 bits per heavy atom. The molecule has 1 unspecified atom stereocenters. The minimum absolute atomic E-state index is 0.00662. The summed E-state index contributed by atoms with van der Waals surface area (Å²) in [6.07, 6.45) is 7.43. The van der Waals surface area contributed by atoms with Gasteiger partial charge in [-0.2, -0.15) is 9.65 Å². The van der Waals surface area contributed by atoms with Crippen LogP contribution < -0.4 is 0 Å². The zero-order valence-corrected chi connectivity index (χ0v) is 20.5. The molecule has 1 fully saturated rings. The van der Waals surface area contributed by atoms with Crippen LogP contribution in [0.1, 0.15) is 50.9 Å². The van der Waals surface area contributed by atoms with E-state index in [1.807, 2.05) is 53.3 Å². The first kappa shape index (κ1) is 22.2. The van der Waals surface area contributed by atoms with Gasteiger partial charge < -0.3 is 0 Å². The van der Waals surface area contributed by atoms with E-state index in [0.29, 0.717) is 18.0 Å². The number of fused-ring (bicyclic) bond motifs is 2. The number of benzene rings is 1. The summed E-state index contributed by atoms with van der Waals surface area (Å²) in [5.74, 6) is 0.800. The first-order valence-corrected chi connectivity index (χ1v) is 12.9. The highest BCUT2D eigenvalue weighted by molar-refractivity contribution is 7.95. The van der Waals surface area contributed by atoms with Crippen LogP contribution in [-0.2, 0) is 26.4 Å². The van der Waals surface area contributed by atoms with Gasteiger partial charge in [0.2, 0.25) is 4.90 Å². The Hall–Kier alpha value is -2.61. The lowest BCUT2D eigenvalue weighted by Crippen LogP contribution is -2.49. The summed E-state index contributed by atoms with van der Waals surface area (Å²) < 4.78 is 28.4. The Morgan fingerprint density at radius 3 is 2.55 bits per heavy atom. The second-order valence-electron chi connectivity index (χ2n) is 10.4. The van der Waals surface area contributed by atoms with Crippen molar-refractivity contribution >= 4 is 16.5 Å². The molecule has 6 nitrogen and oxygen atoms in total. The molecule has 1 N–H and O–H groups in total. The number of rotatable bonds is 3. The second kappa shape index (κ2) is 7.72. The summed E-state index contributed by atoms with van der Waals surface area (Å²) in [6.45, 7) is 9.71. The molecule has 1 saturated heterocycles. The van der Waals surface area contributed by atoms with Crippen molar-refractivity contribution in [3.8, 4) is 5.82 Å². The molecule has 1 aliphatic carbocycles. The Morgan fingerprint density at radius 2 is 1.88 bits per heavy atom. The summed E-state index contributed by atoms with van der Waals surface area (Å²) >= 11 is 0. The van der Waals surface area contributed by atoms with Crippen molar-refractivity contribution in [3.63, 3.8) is 0 Å². The molecule has 7 heteroatoms. The number of piperidine rings is 1. The Kier molecular flexibility index (Phi) is 5.19. The highest BCUT2D eigenvalue weighted by atomic mass is 32.3. The van der Waals surface area contributed by atoms with Gasteiger partial charge in [-0.05, 0) is 63.9 Å². The normalized spacial score (nSPS) is 22.8. The maximum atomic E-state index is 13.6. The molecular formula is C26H31N4O2S+. The van der Waals surface area contributed by atoms with E-state index in [9.17, 15) is 8.76 Å². The lowest BCUT2D eigenvalue weighted by molar-refractivity contribution is 0.220. The zero-order chi connectivity index (χ0) is 23.4. The average Bonchev–Trinajstić information content (AvgIpc) is 3.18. The van der Waals surface area contributed by atoms with E-state index in [1.165, 1.54) is 5.57 Å². The third-order valence-electron chi connectivity index (χ3n) is 6.95. The minimum atomic E-state index is -3.30.